The molecule has 3 aliphatic rings. The maximum absolute atomic E-state index is 13.2. The summed E-state index contributed by atoms with van der Waals surface area (Å²) >= 11 is 0. The number of amides is 1. The highest BCUT2D eigenvalue weighted by Crippen LogP contribution is 2.50. The van der Waals surface area contributed by atoms with Gasteiger partial charge in [0.15, 0.2) is 23.3 Å². The van der Waals surface area contributed by atoms with Crippen molar-refractivity contribution >= 4 is 17.7 Å². The summed E-state index contributed by atoms with van der Waals surface area (Å²) in [7, 11) is 4.33. The van der Waals surface area contributed by atoms with E-state index in [1.165, 1.54) is 32.3 Å². The summed E-state index contributed by atoms with van der Waals surface area (Å²) in [5.41, 5.74) is 0.416. The van der Waals surface area contributed by atoms with E-state index < -0.39 is 23.7 Å². The van der Waals surface area contributed by atoms with Crippen LogP contribution in [0.15, 0.2) is 24.3 Å². The van der Waals surface area contributed by atoms with Crippen molar-refractivity contribution in [1.29, 1.82) is 0 Å². The Kier molecular flexibility index (Phi) is 5.38. The van der Waals surface area contributed by atoms with Crippen molar-refractivity contribution in [2.24, 2.45) is 0 Å². The quantitative estimate of drug-likeness (QED) is 0.645. The molecule has 1 fully saturated rings. The molecule has 156 valence electrons. The second-order valence-electron chi connectivity index (χ2n) is 6.99. The lowest BCUT2D eigenvalue weighted by Crippen LogP contribution is -2.69. The number of hydrogen-bond donors (Lipinski definition) is 0. The standard InChI is InChI=1S/C20H21NO7.H2O/c1-25-15-6-11-7-18(23)21-14(19(24)27-3)10-28-17-8-12(22)4-5-20(17,21)13(11)9-16(15)26-2;/h4-6,9,14,17H,7-8,10H2,1-3H3;1H2/t14-,17+,20+;/m0./s1. The van der Waals surface area contributed by atoms with Crippen molar-refractivity contribution < 1.29 is 38.8 Å². The zero-order valence-electron chi connectivity index (χ0n) is 16.4. The molecule has 1 saturated heterocycles. The number of carbonyl (C=O) groups excluding carboxylic acids is 3. The fraction of sp³-hybridized carbons (Fsp3) is 0.450. The molecule has 2 aliphatic heterocycles. The van der Waals surface area contributed by atoms with E-state index in [0.717, 1.165) is 11.1 Å². The van der Waals surface area contributed by atoms with Crippen LogP contribution in [0.5, 0.6) is 11.5 Å². The van der Waals surface area contributed by atoms with Gasteiger partial charge in [-0.05, 0) is 35.4 Å². The van der Waals surface area contributed by atoms with Crippen LogP contribution in [0.2, 0.25) is 0 Å². The van der Waals surface area contributed by atoms with E-state index in [4.69, 9.17) is 18.9 Å². The number of allylic oxidation sites excluding steroid dienone is 1. The van der Waals surface area contributed by atoms with Crippen LogP contribution in [0, 0.1) is 0 Å². The van der Waals surface area contributed by atoms with E-state index in [-0.39, 0.29) is 36.6 Å². The first kappa shape index (κ1) is 20.8. The number of carbonyl (C=O) groups is 3. The first-order valence-electron chi connectivity index (χ1n) is 8.95. The van der Waals surface area contributed by atoms with Gasteiger partial charge < -0.3 is 29.3 Å². The Morgan fingerprint density at radius 3 is 2.52 bits per heavy atom. The molecular formula is C20H23NO8. The van der Waals surface area contributed by atoms with Gasteiger partial charge in [0.1, 0.15) is 5.54 Å². The Labute approximate surface area is 167 Å². The van der Waals surface area contributed by atoms with Crippen molar-refractivity contribution in [2.45, 2.75) is 30.5 Å². The molecule has 0 unspecified atom stereocenters. The van der Waals surface area contributed by atoms with Gasteiger partial charge in [-0.1, -0.05) is 0 Å². The van der Waals surface area contributed by atoms with Crippen LogP contribution >= 0.6 is 0 Å². The van der Waals surface area contributed by atoms with Crippen molar-refractivity contribution in [1.82, 2.24) is 4.90 Å². The third-order valence-electron chi connectivity index (χ3n) is 5.69. The molecule has 0 bridgehead atoms. The normalized spacial score (nSPS) is 27.2. The summed E-state index contributed by atoms with van der Waals surface area (Å²) in [5.74, 6) is 0.122. The predicted octanol–water partition coefficient (Wildman–Crippen LogP) is -0.0715. The molecule has 9 heteroatoms. The van der Waals surface area contributed by atoms with E-state index in [9.17, 15) is 14.4 Å². The maximum atomic E-state index is 13.2. The summed E-state index contributed by atoms with van der Waals surface area (Å²) in [6.45, 7) is -0.0193. The molecule has 9 nitrogen and oxygen atoms in total. The summed E-state index contributed by atoms with van der Waals surface area (Å²) in [6.07, 6.45) is 2.72. The fourth-order valence-electron chi connectivity index (χ4n) is 4.47. The van der Waals surface area contributed by atoms with Gasteiger partial charge in [0.2, 0.25) is 5.91 Å². The number of ether oxygens (including phenoxy) is 4. The Balaban J connectivity index is 0.00000240. The minimum absolute atomic E-state index is 0. The van der Waals surface area contributed by atoms with Gasteiger partial charge in [-0.15, -0.1) is 0 Å². The van der Waals surface area contributed by atoms with Crippen molar-refractivity contribution in [2.75, 3.05) is 27.9 Å². The van der Waals surface area contributed by atoms with Gasteiger partial charge in [0, 0.05) is 6.42 Å². The van der Waals surface area contributed by atoms with Crippen LogP contribution < -0.4 is 9.47 Å². The van der Waals surface area contributed by atoms with Gasteiger partial charge >= 0.3 is 5.97 Å². The Morgan fingerprint density at radius 1 is 1.17 bits per heavy atom. The number of methoxy groups -OCH3 is 3. The second kappa shape index (κ2) is 7.49. The topological polar surface area (TPSA) is 123 Å². The van der Waals surface area contributed by atoms with Gasteiger partial charge in [-0.3, -0.25) is 9.59 Å². The highest BCUT2D eigenvalue weighted by atomic mass is 16.5. The largest absolute Gasteiger partial charge is 0.493 e. The molecule has 0 saturated carbocycles. The van der Waals surface area contributed by atoms with Crippen LogP contribution in [0.1, 0.15) is 17.5 Å². The van der Waals surface area contributed by atoms with E-state index in [1.807, 2.05) is 0 Å². The number of benzene rings is 1. The molecule has 2 N–H and O–H groups in total. The Hall–Kier alpha value is -2.91. The average Bonchev–Trinajstić information content (AvgIpc) is 2.71. The summed E-state index contributed by atoms with van der Waals surface area (Å²) in [5, 5.41) is 0. The summed E-state index contributed by atoms with van der Waals surface area (Å²) in [6, 6.07) is 2.67. The fourth-order valence-corrected chi connectivity index (χ4v) is 4.47. The van der Waals surface area contributed by atoms with Crippen molar-refractivity contribution in [3.63, 3.8) is 0 Å². The molecule has 1 aromatic carbocycles. The minimum atomic E-state index is -1.09. The van der Waals surface area contributed by atoms with E-state index in [0.29, 0.717) is 11.5 Å². The number of rotatable bonds is 3. The van der Waals surface area contributed by atoms with Crippen LogP contribution in [-0.2, 0) is 35.8 Å². The second-order valence-corrected chi connectivity index (χ2v) is 6.99. The van der Waals surface area contributed by atoms with Gasteiger partial charge in [-0.25, -0.2) is 4.79 Å². The number of nitrogens with zero attached hydrogens (tertiary/aromatic N) is 1. The predicted molar refractivity (Wildman–Crippen MR) is 99.7 cm³/mol. The molecule has 1 aromatic rings. The van der Waals surface area contributed by atoms with Gasteiger partial charge in [0.05, 0.1) is 40.5 Å². The molecule has 3 atom stereocenters. The molecule has 29 heavy (non-hydrogen) atoms. The van der Waals surface area contributed by atoms with Crippen LogP contribution in [0.4, 0.5) is 0 Å². The summed E-state index contributed by atoms with van der Waals surface area (Å²) < 4.78 is 21.7. The lowest BCUT2D eigenvalue weighted by Gasteiger charge is -2.56. The van der Waals surface area contributed by atoms with Gasteiger partial charge in [-0.2, -0.15) is 0 Å². The van der Waals surface area contributed by atoms with Crippen LogP contribution in [0.25, 0.3) is 0 Å². The Bertz CT molecular complexity index is 895. The zero-order chi connectivity index (χ0) is 20.1. The molecular weight excluding hydrogens is 382 g/mol. The van der Waals surface area contributed by atoms with Crippen molar-refractivity contribution in [3.8, 4) is 11.5 Å². The SMILES string of the molecule is COC(=O)[C@@H]1CO[C@@H]2CC(=O)C=C[C@@]23c2cc(OC)c(OC)cc2CC(=O)N13.O. The lowest BCUT2D eigenvalue weighted by molar-refractivity contribution is -0.189. The molecule has 1 spiro atoms. The highest BCUT2D eigenvalue weighted by Gasteiger charge is 2.59. The highest BCUT2D eigenvalue weighted by molar-refractivity contribution is 5.95. The third kappa shape index (κ3) is 2.89. The van der Waals surface area contributed by atoms with Gasteiger partial charge in [0.25, 0.3) is 0 Å². The van der Waals surface area contributed by atoms with Crippen LogP contribution in [-0.4, -0.2) is 68.1 Å². The summed E-state index contributed by atoms with van der Waals surface area (Å²) in [4.78, 5) is 39.2. The Morgan fingerprint density at radius 2 is 1.86 bits per heavy atom. The van der Waals surface area contributed by atoms with Crippen LogP contribution in [0.3, 0.4) is 0 Å². The van der Waals surface area contributed by atoms with Crippen molar-refractivity contribution in [3.05, 3.63) is 35.4 Å². The number of fused-ring (bicyclic) bond motifs is 1. The number of esters is 1. The first-order valence-corrected chi connectivity index (χ1v) is 8.95. The first-order chi connectivity index (χ1) is 13.5. The minimum Gasteiger partial charge on any atom is -0.493 e. The molecule has 0 aromatic heterocycles. The molecule has 4 rings (SSSR count). The maximum Gasteiger partial charge on any atom is 0.331 e. The lowest BCUT2D eigenvalue weighted by atomic mass is 9.70. The number of morpholine rings is 1. The van der Waals surface area contributed by atoms with E-state index >= 15 is 0 Å². The number of ketones is 1. The number of hydrogen-bond acceptors (Lipinski definition) is 7. The molecule has 0 radical (unpaired) electrons. The third-order valence-corrected chi connectivity index (χ3v) is 5.69. The van der Waals surface area contributed by atoms with E-state index in [1.54, 1.807) is 18.2 Å². The monoisotopic (exact) mass is 405 g/mol. The van der Waals surface area contributed by atoms with E-state index in [2.05, 4.69) is 0 Å². The zero-order valence-corrected chi connectivity index (χ0v) is 16.4. The average molecular weight is 405 g/mol. The molecule has 2 heterocycles. The smallest absolute Gasteiger partial charge is 0.331 e. The molecule has 1 amide bonds. The molecule has 1 aliphatic carbocycles.